The van der Waals surface area contributed by atoms with Gasteiger partial charge in [-0.15, -0.1) is 0 Å². The summed E-state index contributed by atoms with van der Waals surface area (Å²) in [6, 6.07) is 12.1. The highest BCUT2D eigenvalue weighted by Gasteiger charge is 2.23. The fourth-order valence-electron chi connectivity index (χ4n) is 2.67. The first-order valence-electron chi connectivity index (χ1n) is 6.59. The Morgan fingerprint density at radius 1 is 1.05 bits per heavy atom. The molecule has 4 rings (SSSR count). The van der Waals surface area contributed by atoms with Crippen molar-refractivity contribution < 1.29 is 14.0 Å². The minimum absolute atomic E-state index is 0.316. The summed E-state index contributed by atoms with van der Waals surface area (Å²) in [7, 11) is 0. The SMILES string of the molecule is Clc1cccc([N+]2=Cc3cc4c(cc3CC2)OCO4)c1. The van der Waals surface area contributed by atoms with Crippen LogP contribution in [0.5, 0.6) is 11.5 Å². The molecule has 3 nitrogen and oxygen atoms in total. The topological polar surface area (TPSA) is 21.5 Å². The minimum atomic E-state index is 0.316. The van der Waals surface area contributed by atoms with Gasteiger partial charge in [0.05, 0.1) is 0 Å². The van der Waals surface area contributed by atoms with Crippen LogP contribution in [0.2, 0.25) is 5.02 Å². The van der Waals surface area contributed by atoms with Gasteiger partial charge in [0.15, 0.2) is 24.3 Å². The third kappa shape index (κ3) is 1.95. The molecule has 0 aliphatic carbocycles. The molecule has 0 unspecified atom stereocenters. The number of benzene rings is 2. The molecule has 0 bridgehead atoms. The zero-order valence-corrected chi connectivity index (χ0v) is 11.6. The molecule has 2 heterocycles. The second-order valence-electron chi connectivity index (χ2n) is 4.96. The van der Waals surface area contributed by atoms with Crippen molar-refractivity contribution in [3.05, 3.63) is 52.5 Å². The highest BCUT2D eigenvalue weighted by atomic mass is 35.5. The highest BCUT2D eigenvalue weighted by molar-refractivity contribution is 6.30. The van der Waals surface area contributed by atoms with Crippen LogP contribution < -0.4 is 9.47 Å². The van der Waals surface area contributed by atoms with Crippen LogP contribution in [0.1, 0.15) is 11.1 Å². The van der Waals surface area contributed by atoms with Crippen LogP contribution in [0, 0.1) is 0 Å². The first-order chi connectivity index (χ1) is 9.79. The number of halogens is 1. The predicted molar refractivity (Wildman–Crippen MR) is 77.7 cm³/mol. The predicted octanol–water partition coefficient (Wildman–Crippen LogP) is 3.39. The van der Waals surface area contributed by atoms with Gasteiger partial charge < -0.3 is 9.47 Å². The molecule has 0 aromatic heterocycles. The average molecular weight is 287 g/mol. The molecule has 2 aromatic rings. The summed E-state index contributed by atoms with van der Waals surface area (Å²) in [6.45, 7) is 1.25. The van der Waals surface area contributed by atoms with Gasteiger partial charge in [0, 0.05) is 29.1 Å². The summed E-state index contributed by atoms with van der Waals surface area (Å²) in [6.07, 6.45) is 3.13. The Bertz CT molecular complexity index is 724. The number of hydrogen-bond acceptors (Lipinski definition) is 2. The maximum Gasteiger partial charge on any atom is 0.231 e. The molecule has 0 amide bonds. The summed E-state index contributed by atoms with van der Waals surface area (Å²) in [5.41, 5.74) is 3.59. The van der Waals surface area contributed by atoms with Crippen LogP contribution in [-0.4, -0.2) is 24.1 Å². The molecule has 0 saturated heterocycles. The van der Waals surface area contributed by atoms with E-state index in [9.17, 15) is 0 Å². The molecule has 0 radical (unpaired) electrons. The molecular weight excluding hydrogens is 274 g/mol. The molecule has 0 atom stereocenters. The van der Waals surface area contributed by atoms with Gasteiger partial charge in [-0.1, -0.05) is 17.7 Å². The van der Waals surface area contributed by atoms with Crippen molar-refractivity contribution in [3.63, 3.8) is 0 Å². The third-order valence-electron chi connectivity index (χ3n) is 3.69. The lowest BCUT2D eigenvalue weighted by atomic mass is 10.0. The quantitative estimate of drug-likeness (QED) is 0.750. The first-order valence-corrected chi connectivity index (χ1v) is 6.97. The maximum atomic E-state index is 6.06. The van der Waals surface area contributed by atoms with Crippen LogP contribution in [0.4, 0.5) is 5.69 Å². The van der Waals surface area contributed by atoms with E-state index in [0.717, 1.165) is 35.2 Å². The first kappa shape index (κ1) is 11.8. The van der Waals surface area contributed by atoms with Gasteiger partial charge in [-0.05, 0) is 23.8 Å². The van der Waals surface area contributed by atoms with E-state index in [2.05, 4.69) is 22.9 Å². The summed E-state index contributed by atoms with van der Waals surface area (Å²) in [4.78, 5) is 0. The van der Waals surface area contributed by atoms with Gasteiger partial charge >= 0.3 is 0 Å². The van der Waals surface area contributed by atoms with E-state index in [4.69, 9.17) is 21.1 Å². The minimum Gasteiger partial charge on any atom is -0.454 e. The van der Waals surface area contributed by atoms with Crippen molar-refractivity contribution in [1.82, 2.24) is 0 Å². The molecule has 4 heteroatoms. The molecule has 0 N–H and O–H groups in total. The number of nitrogens with zero attached hydrogens (tertiary/aromatic N) is 1. The van der Waals surface area contributed by atoms with Crippen LogP contribution in [0.15, 0.2) is 36.4 Å². The standard InChI is InChI=1S/C16H13ClNO2/c17-13-2-1-3-14(8-13)18-5-4-11-6-15-16(20-10-19-15)7-12(11)9-18/h1-3,6-9H,4-5,10H2/q+1. The van der Waals surface area contributed by atoms with Crippen molar-refractivity contribution in [2.24, 2.45) is 0 Å². The van der Waals surface area contributed by atoms with Gasteiger partial charge in [-0.3, -0.25) is 0 Å². The summed E-state index contributed by atoms with van der Waals surface area (Å²) in [5.74, 6) is 1.68. The average Bonchev–Trinajstić information content (AvgIpc) is 2.91. The molecule has 0 saturated carbocycles. The van der Waals surface area contributed by atoms with E-state index in [1.165, 1.54) is 11.1 Å². The number of ether oxygens (including phenoxy) is 2. The number of hydrogen-bond donors (Lipinski definition) is 0. The van der Waals surface area contributed by atoms with E-state index >= 15 is 0 Å². The van der Waals surface area contributed by atoms with Crippen LogP contribution >= 0.6 is 11.6 Å². The summed E-state index contributed by atoms with van der Waals surface area (Å²) >= 11 is 6.06. The molecular formula is C16H13ClNO2+. The van der Waals surface area contributed by atoms with Crippen molar-refractivity contribution in [1.29, 1.82) is 0 Å². The molecule has 100 valence electrons. The van der Waals surface area contributed by atoms with Crippen molar-refractivity contribution in [2.75, 3.05) is 13.3 Å². The molecule has 20 heavy (non-hydrogen) atoms. The van der Waals surface area contributed by atoms with Crippen LogP contribution in [-0.2, 0) is 6.42 Å². The maximum absolute atomic E-state index is 6.06. The Labute approximate surface area is 122 Å². The molecule has 2 aromatic carbocycles. The van der Waals surface area contributed by atoms with Gasteiger partial charge in [0.1, 0.15) is 0 Å². The Hall–Kier alpha value is -2.00. The highest BCUT2D eigenvalue weighted by Crippen LogP contribution is 2.35. The smallest absolute Gasteiger partial charge is 0.231 e. The van der Waals surface area contributed by atoms with E-state index in [0.29, 0.717) is 6.79 Å². The molecule has 2 aliphatic rings. The lowest BCUT2D eigenvalue weighted by Crippen LogP contribution is -2.18. The Morgan fingerprint density at radius 3 is 2.75 bits per heavy atom. The summed E-state index contributed by atoms with van der Waals surface area (Å²) in [5, 5.41) is 0.757. The molecule has 0 spiro atoms. The number of rotatable bonds is 1. The zero-order valence-electron chi connectivity index (χ0n) is 10.8. The Morgan fingerprint density at radius 2 is 1.90 bits per heavy atom. The fourth-order valence-corrected chi connectivity index (χ4v) is 2.85. The zero-order chi connectivity index (χ0) is 13.5. The largest absolute Gasteiger partial charge is 0.454 e. The lowest BCUT2D eigenvalue weighted by molar-refractivity contribution is -0.436. The Balaban J connectivity index is 1.78. The molecule has 2 aliphatic heterocycles. The normalized spacial score (nSPS) is 15.8. The van der Waals surface area contributed by atoms with Gasteiger partial charge in [-0.25, -0.2) is 0 Å². The Kier molecular flexibility index (Phi) is 2.67. The van der Waals surface area contributed by atoms with Crippen molar-refractivity contribution in [2.45, 2.75) is 6.42 Å². The van der Waals surface area contributed by atoms with E-state index in [1.807, 2.05) is 24.3 Å². The molecule has 0 fully saturated rings. The van der Waals surface area contributed by atoms with E-state index in [1.54, 1.807) is 0 Å². The van der Waals surface area contributed by atoms with Gasteiger partial charge in [-0.2, -0.15) is 4.58 Å². The van der Waals surface area contributed by atoms with Crippen molar-refractivity contribution in [3.8, 4) is 11.5 Å². The fraction of sp³-hybridized carbons (Fsp3) is 0.188. The monoisotopic (exact) mass is 286 g/mol. The van der Waals surface area contributed by atoms with E-state index in [-0.39, 0.29) is 0 Å². The second-order valence-corrected chi connectivity index (χ2v) is 5.39. The van der Waals surface area contributed by atoms with Crippen molar-refractivity contribution >= 4 is 23.5 Å². The summed E-state index contributed by atoms with van der Waals surface area (Å²) < 4.78 is 13.1. The number of fused-ring (bicyclic) bond motifs is 2. The second kappa shape index (κ2) is 4.53. The van der Waals surface area contributed by atoms with Crippen LogP contribution in [0.3, 0.4) is 0 Å². The lowest BCUT2D eigenvalue weighted by Gasteiger charge is -2.13. The van der Waals surface area contributed by atoms with Crippen LogP contribution in [0.25, 0.3) is 0 Å². The van der Waals surface area contributed by atoms with E-state index < -0.39 is 0 Å². The van der Waals surface area contributed by atoms with Gasteiger partial charge in [0.25, 0.3) is 0 Å². The third-order valence-corrected chi connectivity index (χ3v) is 3.93. The van der Waals surface area contributed by atoms with Gasteiger partial charge in [0.2, 0.25) is 12.5 Å².